The fourth-order valence-electron chi connectivity index (χ4n) is 2.06. The van der Waals surface area contributed by atoms with Gasteiger partial charge in [0.2, 0.25) is 5.95 Å². The summed E-state index contributed by atoms with van der Waals surface area (Å²) in [4.78, 5) is 22.9. The summed E-state index contributed by atoms with van der Waals surface area (Å²) >= 11 is 0. The molecule has 0 spiro atoms. The van der Waals surface area contributed by atoms with Crippen LogP contribution < -0.4 is 11.5 Å². The van der Waals surface area contributed by atoms with Gasteiger partial charge in [-0.3, -0.25) is 4.79 Å². The summed E-state index contributed by atoms with van der Waals surface area (Å²) in [7, 11) is 0. The highest BCUT2D eigenvalue weighted by Gasteiger charge is 2.16. The van der Waals surface area contributed by atoms with Gasteiger partial charge in [0.05, 0.1) is 22.6 Å². The minimum atomic E-state index is -0.550. The van der Waals surface area contributed by atoms with E-state index in [1.165, 1.54) is 0 Å². The first-order valence-corrected chi connectivity index (χ1v) is 6.80. The van der Waals surface area contributed by atoms with E-state index in [0.29, 0.717) is 22.6 Å². The molecule has 0 aliphatic carbocycles. The second kappa shape index (κ2) is 7.04. The molecule has 2 heterocycles. The number of rotatable bonds is 6. The molecule has 0 aliphatic rings. The molecule has 0 radical (unpaired) electrons. The average Bonchev–Trinajstić information content (AvgIpc) is 2.97. The highest BCUT2D eigenvalue weighted by Crippen LogP contribution is 2.26. The van der Waals surface area contributed by atoms with E-state index in [9.17, 15) is 4.79 Å². The molecule has 0 aromatic carbocycles. The van der Waals surface area contributed by atoms with Gasteiger partial charge in [-0.1, -0.05) is 43.5 Å². The summed E-state index contributed by atoms with van der Waals surface area (Å²) in [6.07, 6.45) is 10.1. The van der Waals surface area contributed by atoms with Crippen molar-refractivity contribution < 1.29 is 4.79 Å². The van der Waals surface area contributed by atoms with Crippen molar-refractivity contribution in [1.82, 2.24) is 15.0 Å². The lowest BCUT2D eigenvalue weighted by Crippen LogP contribution is -2.12. The van der Waals surface area contributed by atoms with E-state index in [-0.39, 0.29) is 5.95 Å². The minimum Gasteiger partial charge on any atom is -0.368 e. The molecule has 2 aromatic rings. The highest BCUT2D eigenvalue weighted by molar-refractivity contribution is 6.00. The third-order valence-corrected chi connectivity index (χ3v) is 3.03. The number of H-pyrrole nitrogens is 1. The lowest BCUT2D eigenvalue weighted by Gasteiger charge is -2.02. The number of nitrogens with zero attached hydrogens (tertiary/aromatic N) is 2. The molecule has 116 valence electrons. The monoisotopic (exact) mass is 307 g/mol. The van der Waals surface area contributed by atoms with E-state index in [2.05, 4.69) is 28.1 Å². The lowest BCUT2D eigenvalue weighted by atomic mass is 10.1. The summed E-state index contributed by atoms with van der Waals surface area (Å²) in [6.45, 7) is 7.32. The molecule has 23 heavy (non-hydrogen) atoms. The van der Waals surface area contributed by atoms with Crippen molar-refractivity contribution in [3.8, 4) is 11.4 Å². The molecule has 6 nitrogen and oxygen atoms in total. The number of hydrogen-bond donors (Lipinski definition) is 3. The highest BCUT2D eigenvalue weighted by atomic mass is 16.1. The Balaban J connectivity index is 2.61. The summed E-state index contributed by atoms with van der Waals surface area (Å²) in [6, 6.07) is 3.32. The Morgan fingerprint density at radius 3 is 2.70 bits per heavy atom. The number of nitrogen functional groups attached to an aromatic ring is 1. The van der Waals surface area contributed by atoms with Crippen LogP contribution in [0.15, 0.2) is 61.9 Å². The Morgan fingerprint density at radius 2 is 2.09 bits per heavy atom. The number of anilines is 1. The molecule has 0 atom stereocenters. The molecule has 0 bridgehead atoms. The molecule has 0 aliphatic heterocycles. The molecule has 0 fully saturated rings. The fraction of sp³-hybridized carbons (Fsp3) is 0. The number of amides is 1. The van der Waals surface area contributed by atoms with Gasteiger partial charge in [-0.05, 0) is 17.7 Å². The van der Waals surface area contributed by atoms with Gasteiger partial charge in [-0.2, -0.15) is 0 Å². The van der Waals surface area contributed by atoms with Crippen LogP contribution in [0.4, 0.5) is 5.95 Å². The maximum atomic E-state index is 11.8. The first-order chi connectivity index (χ1) is 11.1. The van der Waals surface area contributed by atoms with E-state index in [0.717, 1.165) is 5.57 Å². The van der Waals surface area contributed by atoms with E-state index in [1.54, 1.807) is 48.7 Å². The number of carbonyl (C=O) groups is 1. The van der Waals surface area contributed by atoms with Crippen LogP contribution in [0.2, 0.25) is 0 Å². The Morgan fingerprint density at radius 1 is 1.30 bits per heavy atom. The van der Waals surface area contributed by atoms with Crippen molar-refractivity contribution in [3.63, 3.8) is 0 Å². The smallest absolute Gasteiger partial charge is 0.250 e. The molecule has 0 saturated heterocycles. The number of nitrogens with two attached hydrogens (primary N) is 2. The minimum absolute atomic E-state index is 0.146. The molecule has 2 rings (SSSR count). The second-order valence-electron chi connectivity index (χ2n) is 4.59. The summed E-state index contributed by atoms with van der Waals surface area (Å²) in [5.41, 5.74) is 13.9. The molecule has 0 saturated carbocycles. The number of primary amides is 1. The Hall–Kier alpha value is -3.41. The van der Waals surface area contributed by atoms with Gasteiger partial charge in [0.1, 0.15) is 0 Å². The molecular formula is C17H17N5O. The van der Waals surface area contributed by atoms with Gasteiger partial charge < -0.3 is 16.5 Å². The standard InChI is InChI=1S/C17H17N5O/c1-3-5-7-11(6-4-2)15-12(16(18)23)10-14(21-15)13-8-9-20-17(19)22-13/h3-10,21H,1-2H2,(H2,18,23)(H2,19,20,22)/b7-5-,11-6+. The van der Waals surface area contributed by atoms with Crippen LogP contribution in [-0.4, -0.2) is 20.9 Å². The lowest BCUT2D eigenvalue weighted by molar-refractivity contribution is 0.1000. The summed E-state index contributed by atoms with van der Waals surface area (Å²) in [5, 5.41) is 0. The van der Waals surface area contributed by atoms with Crippen LogP contribution in [0.25, 0.3) is 17.0 Å². The molecule has 5 N–H and O–H groups in total. The number of carbonyl (C=O) groups excluding carboxylic acids is 1. The van der Waals surface area contributed by atoms with Gasteiger partial charge in [0.25, 0.3) is 5.91 Å². The third kappa shape index (κ3) is 3.62. The van der Waals surface area contributed by atoms with Crippen LogP contribution in [0.5, 0.6) is 0 Å². The van der Waals surface area contributed by atoms with Gasteiger partial charge in [-0.15, -0.1) is 0 Å². The fourth-order valence-corrected chi connectivity index (χ4v) is 2.06. The first kappa shape index (κ1) is 16.0. The number of hydrogen-bond acceptors (Lipinski definition) is 4. The van der Waals surface area contributed by atoms with Crippen molar-refractivity contribution in [1.29, 1.82) is 0 Å². The van der Waals surface area contributed by atoms with Crippen LogP contribution in [0, 0.1) is 0 Å². The van der Waals surface area contributed by atoms with Crippen molar-refractivity contribution >= 4 is 17.4 Å². The van der Waals surface area contributed by atoms with E-state index in [4.69, 9.17) is 11.5 Å². The van der Waals surface area contributed by atoms with Gasteiger partial charge in [0.15, 0.2) is 0 Å². The van der Waals surface area contributed by atoms with Crippen molar-refractivity contribution in [2.45, 2.75) is 0 Å². The predicted octanol–water partition coefficient (Wildman–Crippen LogP) is 2.46. The Bertz CT molecular complexity index is 814. The van der Waals surface area contributed by atoms with Crippen molar-refractivity contribution in [3.05, 3.63) is 73.1 Å². The molecule has 2 aromatic heterocycles. The molecular weight excluding hydrogens is 290 g/mol. The Kier molecular flexibility index (Phi) is 4.89. The number of aromatic nitrogens is 3. The largest absolute Gasteiger partial charge is 0.368 e. The summed E-state index contributed by atoms with van der Waals surface area (Å²) in [5.74, 6) is -0.404. The van der Waals surface area contributed by atoms with Crippen LogP contribution in [0.3, 0.4) is 0 Å². The van der Waals surface area contributed by atoms with E-state index < -0.39 is 5.91 Å². The quantitative estimate of drug-likeness (QED) is 0.712. The average molecular weight is 307 g/mol. The number of allylic oxidation sites excluding steroid dienone is 6. The van der Waals surface area contributed by atoms with E-state index in [1.807, 2.05) is 0 Å². The van der Waals surface area contributed by atoms with E-state index >= 15 is 0 Å². The van der Waals surface area contributed by atoms with Crippen LogP contribution in [-0.2, 0) is 0 Å². The normalized spacial score (nSPS) is 11.6. The zero-order valence-electron chi connectivity index (χ0n) is 12.5. The second-order valence-corrected chi connectivity index (χ2v) is 4.59. The van der Waals surface area contributed by atoms with Gasteiger partial charge >= 0.3 is 0 Å². The zero-order chi connectivity index (χ0) is 16.8. The van der Waals surface area contributed by atoms with Crippen molar-refractivity contribution in [2.24, 2.45) is 5.73 Å². The van der Waals surface area contributed by atoms with Gasteiger partial charge in [-0.25, -0.2) is 9.97 Å². The number of aromatic amines is 1. The first-order valence-electron chi connectivity index (χ1n) is 6.80. The van der Waals surface area contributed by atoms with Crippen LogP contribution in [0.1, 0.15) is 16.1 Å². The zero-order valence-corrected chi connectivity index (χ0v) is 12.5. The SMILES string of the molecule is C=C/C=C\C(=C/C=C)c1[nH]c(-c2ccnc(N)n2)cc1C(N)=O. The molecule has 6 heteroatoms. The maximum absolute atomic E-state index is 11.8. The molecule has 1 amide bonds. The van der Waals surface area contributed by atoms with Crippen LogP contribution >= 0.6 is 0 Å². The number of nitrogens with one attached hydrogen (secondary N) is 1. The third-order valence-electron chi connectivity index (χ3n) is 3.03. The predicted molar refractivity (Wildman–Crippen MR) is 92.3 cm³/mol. The Labute approximate surface area is 134 Å². The maximum Gasteiger partial charge on any atom is 0.250 e. The molecule has 0 unspecified atom stereocenters. The topological polar surface area (TPSA) is 111 Å². The van der Waals surface area contributed by atoms with Gasteiger partial charge in [0, 0.05) is 6.20 Å². The summed E-state index contributed by atoms with van der Waals surface area (Å²) < 4.78 is 0. The van der Waals surface area contributed by atoms with Crippen molar-refractivity contribution in [2.75, 3.05) is 5.73 Å².